The van der Waals surface area contributed by atoms with E-state index in [1.165, 1.54) is 19.4 Å². The minimum atomic E-state index is -0.436. The molecular formula is C14H12BrFN2O2. The number of hydrogen-bond acceptors (Lipinski definition) is 4. The number of aromatic nitrogens is 1. The number of nitrogens with one attached hydrogen (secondary N) is 1. The quantitative estimate of drug-likeness (QED) is 0.868. The summed E-state index contributed by atoms with van der Waals surface area (Å²) in [6.45, 7) is 0.348. The van der Waals surface area contributed by atoms with Crippen molar-refractivity contribution in [3.05, 3.63) is 58.1 Å². The van der Waals surface area contributed by atoms with E-state index in [4.69, 9.17) is 0 Å². The SMILES string of the molecule is COC(=O)c1ccc(CNc2c(F)cccc2Br)nc1. The number of hydrogen-bond donors (Lipinski definition) is 1. The molecule has 6 heteroatoms. The van der Waals surface area contributed by atoms with Crippen LogP contribution in [0.1, 0.15) is 16.1 Å². The Balaban J connectivity index is 2.06. The van der Waals surface area contributed by atoms with Gasteiger partial charge in [0.25, 0.3) is 0 Å². The highest BCUT2D eigenvalue weighted by atomic mass is 79.9. The van der Waals surface area contributed by atoms with Crippen molar-refractivity contribution in [2.45, 2.75) is 6.54 Å². The first-order chi connectivity index (χ1) is 9.61. The van der Waals surface area contributed by atoms with E-state index in [2.05, 4.69) is 31.0 Å². The number of esters is 1. The Hall–Kier alpha value is -1.95. The van der Waals surface area contributed by atoms with Gasteiger partial charge in [0.05, 0.1) is 30.6 Å². The smallest absolute Gasteiger partial charge is 0.339 e. The van der Waals surface area contributed by atoms with Gasteiger partial charge in [-0.15, -0.1) is 0 Å². The minimum Gasteiger partial charge on any atom is -0.465 e. The van der Waals surface area contributed by atoms with E-state index in [-0.39, 0.29) is 5.82 Å². The number of carbonyl (C=O) groups excluding carboxylic acids is 1. The number of carbonyl (C=O) groups is 1. The molecule has 1 N–H and O–H groups in total. The molecule has 0 aliphatic rings. The number of ether oxygens (including phenoxy) is 1. The van der Waals surface area contributed by atoms with Gasteiger partial charge >= 0.3 is 5.97 Å². The van der Waals surface area contributed by atoms with Crippen molar-refractivity contribution < 1.29 is 13.9 Å². The fourth-order valence-electron chi connectivity index (χ4n) is 1.61. The lowest BCUT2D eigenvalue weighted by atomic mass is 10.2. The molecule has 1 aromatic heterocycles. The molecular weight excluding hydrogens is 327 g/mol. The Morgan fingerprint density at radius 3 is 2.80 bits per heavy atom. The Morgan fingerprint density at radius 2 is 2.20 bits per heavy atom. The normalized spacial score (nSPS) is 10.2. The van der Waals surface area contributed by atoms with Crippen molar-refractivity contribution in [1.82, 2.24) is 4.98 Å². The van der Waals surface area contributed by atoms with Crippen molar-refractivity contribution in [3.8, 4) is 0 Å². The molecule has 20 heavy (non-hydrogen) atoms. The molecule has 0 saturated carbocycles. The number of pyridine rings is 1. The van der Waals surface area contributed by atoms with E-state index >= 15 is 0 Å². The Kier molecular flexibility index (Phi) is 4.68. The number of rotatable bonds is 4. The van der Waals surface area contributed by atoms with Crippen LogP contribution in [0.25, 0.3) is 0 Å². The molecule has 0 aliphatic carbocycles. The number of nitrogens with zero attached hydrogens (tertiary/aromatic N) is 1. The molecule has 4 nitrogen and oxygen atoms in total. The molecule has 0 amide bonds. The van der Waals surface area contributed by atoms with E-state index < -0.39 is 5.97 Å². The van der Waals surface area contributed by atoms with Gasteiger partial charge in [-0.3, -0.25) is 4.98 Å². The van der Waals surface area contributed by atoms with Crippen molar-refractivity contribution in [3.63, 3.8) is 0 Å². The highest BCUT2D eigenvalue weighted by Crippen LogP contribution is 2.25. The average Bonchev–Trinajstić information content (AvgIpc) is 2.46. The van der Waals surface area contributed by atoms with Crippen LogP contribution in [0.4, 0.5) is 10.1 Å². The van der Waals surface area contributed by atoms with E-state index in [1.807, 2.05) is 0 Å². The van der Waals surface area contributed by atoms with E-state index in [9.17, 15) is 9.18 Å². The topological polar surface area (TPSA) is 51.2 Å². The molecule has 104 valence electrons. The predicted octanol–water partition coefficient (Wildman–Crippen LogP) is 3.38. The summed E-state index contributed by atoms with van der Waals surface area (Å²) in [6.07, 6.45) is 1.43. The molecule has 1 aromatic carbocycles. The van der Waals surface area contributed by atoms with Gasteiger partial charge in [-0.05, 0) is 40.2 Å². The number of para-hydroxylation sites is 1. The summed E-state index contributed by atoms with van der Waals surface area (Å²) in [5, 5.41) is 2.96. The van der Waals surface area contributed by atoms with Crippen molar-refractivity contribution in [2.24, 2.45) is 0 Å². The molecule has 0 aliphatic heterocycles. The van der Waals surface area contributed by atoms with E-state index in [1.54, 1.807) is 24.3 Å². The monoisotopic (exact) mass is 338 g/mol. The summed E-state index contributed by atoms with van der Waals surface area (Å²) in [7, 11) is 1.31. The highest BCUT2D eigenvalue weighted by Gasteiger charge is 2.08. The zero-order chi connectivity index (χ0) is 14.5. The number of benzene rings is 1. The van der Waals surface area contributed by atoms with Gasteiger partial charge in [0.1, 0.15) is 5.82 Å². The molecule has 0 fully saturated rings. The van der Waals surface area contributed by atoms with Crippen LogP contribution in [0.15, 0.2) is 41.0 Å². The molecule has 0 spiro atoms. The molecule has 2 aromatic rings. The standard InChI is InChI=1S/C14H12BrFN2O2/c1-20-14(19)9-5-6-10(17-7-9)8-18-13-11(15)3-2-4-12(13)16/h2-7,18H,8H2,1H3. The number of anilines is 1. The van der Waals surface area contributed by atoms with Crippen LogP contribution in [-0.2, 0) is 11.3 Å². The second-order valence-corrected chi connectivity index (χ2v) is 4.83. The lowest BCUT2D eigenvalue weighted by molar-refractivity contribution is 0.0600. The van der Waals surface area contributed by atoms with Gasteiger partial charge in [-0.1, -0.05) is 6.07 Å². The first-order valence-corrected chi connectivity index (χ1v) is 6.62. The molecule has 0 saturated heterocycles. The maximum absolute atomic E-state index is 13.6. The van der Waals surface area contributed by atoms with Crippen LogP contribution in [-0.4, -0.2) is 18.1 Å². The third kappa shape index (κ3) is 3.33. The van der Waals surface area contributed by atoms with Crippen LogP contribution in [0, 0.1) is 5.82 Å². The summed E-state index contributed by atoms with van der Waals surface area (Å²) < 4.78 is 18.8. The van der Waals surface area contributed by atoms with Gasteiger partial charge in [0.2, 0.25) is 0 Å². The van der Waals surface area contributed by atoms with Gasteiger partial charge < -0.3 is 10.1 Å². The Labute approximate surface area is 124 Å². The van der Waals surface area contributed by atoms with Crippen LogP contribution in [0.2, 0.25) is 0 Å². The lowest BCUT2D eigenvalue weighted by Crippen LogP contribution is -2.06. The van der Waals surface area contributed by atoms with Crippen LogP contribution >= 0.6 is 15.9 Å². The second kappa shape index (κ2) is 6.47. The molecule has 0 bridgehead atoms. The van der Waals surface area contributed by atoms with E-state index in [0.717, 1.165) is 0 Å². The fraction of sp³-hybridized carbons (Fsp3) is 0.143. The van der Waals surface area contributed by atoms with Gasteiger partial charge in [0.15, 0.2) is 0 Å². The van der Waals surface area contributed by atoms with Gasteiger partial charge in [-0.25, -0.2) is 9.18 Å². The number of methoxy groups -OCH3 is 1. The summed E-state index contributed by atoms with van der Waals surface area (Å²) in [6, 6.07) is 8.05. The molecule has 0 unspecified atom stereocenters. The molecule has 2 rings (SSSR count). The number of halogens is 2. The lowest BCUT2D eigenvalue weighted by Gasteiger charge is -2.09. The Morgan fingerprint density at radius 1 is 1.40 bits per heavy atom. The van der Waals surface area contributed by atoms with Crippen LogP contribution in [0.3, 0.4) is 0 Å². The van der Waals surface area contributed by atoms with Crippen molar-refractivity contribution in [1.29, 1.82) is 0 Å². The maximum Gasteiger partial charge on any atom is 0.339 e. The Bertz CT molecular complexity index is 597. The van der Waals surface area contributed by atoms with Gasteiger partial charge in [-0.2, -0.15) is 0 Å². The third-order valence-corrected chi connectivity index (χ3v) is 3.32. The second-order valence-electron chi connectivity index (χ2n) is 3.98. The highest BCUT2D eigenvalue weighted by molar-refractivity contribution is 9.10. The minimum absolute atomic E-state index is 0.342. The zero-order valence-corrected chi connectivity index (χ0v) is 12.3. The van der Waals surface area contributed by atoms with Crippen LogP contribution in [0.5, 0.6) is 0 Å². The first kappa shape index (κ1) is 14.5. The van der Waals surface area contributed by atoms with Crippen molar-refractivity contribution >= 4 is 27.6 Å². The van der Waals surface area contributed by atoms with Gasteiger partial charge in [0, 0.05) is 10.7 Å². The fourth-order valence-corrected chi connectivity index (χ4v) is 2.10. The first-order valence-electron chi connectivity index (χ1n) is 5.83. The predicted molar refractivity (Wildman–Crippen MR) is 77.0 cm³/mol. The molecule has 0 atom stereocenters. The summed E-state index contributed by atoms with van der Waals surface area (Å²) >= 11 is 3.28. The van der Waals surface area contributed by atoms with E-state index in [0.29, 0.717) is 28.0 Å². The summed E-state index contributed by atoms with van der Waals surface area (Å²) in [5.41, 5.74) is 1.45. The molecule has 0 radical (unpaired) electrons. The van der Waals surface area contributed by atoms with Crippen LogP contribution < -0.4 is 5.32 Å². The maximum atomic E-state index is 13.6. The summed E-state index contributed by atoms with van der Waals surface area (Å²) in [4.78, 5) is 15.4. The molecule has 1 heterocycles. The third-order valence-electron chi connectivity index (χ3n) is 2.65. The zero-order valence-electron chi connectivity index (χ0n) is 10.7. The largest absolute Gasteiger partial charge is 0.465 e. The summed E-state index contributed by atoms with van der Waals surface area (Å²) in [5.74, 6) is -0.778. The average molecular weight is 339 g/mol. The van der Waals surface area contributed by atoms with Crippen molar-refractivity contribution in [2.75, 3.05) is 12.4 Å².